The van der Waals surface area contributed by atoms with Crippen molar-refractivity contribution in [1.82, 2.24) is 19.9 Å². The molecule has 436 valence electrons. The van der Waals surface area contributed by atoms with Gasteiger partial charge in [0, 0.05) is 46.7 Å². The van der Waals surface area contributed by atoms with Gasteiger partial charge in [0.05, 0.1) is 38.8 Å². The van der Waals surface area contributed by atoms with Gasteiger partial charge in [-0.25, -0.2) is 24.8 Å². The van der Waals surface area contributed by atoms with Crippen molar-refractivity contribution in [2.75, 3.05) is 13.7 Å². The molecule has 0 saturated heterocycles. The van der Waals surface area contributed by atoms with Crippen molar-refractivity contribution >= 4 is 11.9 Å². The van der Waals surface area contributed by atoms with Crippen LogP contribution in [0, 0.1) is 38.5 Å². The molecule has 0 aliphatic rings. The molecule has 4 aromatic carbocycles. The maximum Gasteiger partial charge on any atom is 1.00 e. The van der Waals surface area contributed by atoms with Crippen LogP contribution in [-0.2, 0) is 55.7 Å². The smallest absolute Gasteiger partial charge is 0.870 e. The number of carboxylic acids is 1. The number of ether oxygens (including phenoxy) is 1. The van der Waals surface area contributed by atoms with Crippen molar-refractivity contribution in [2.45, 2.75) is 191 Å². The van der Waals surface area contributed by atoms with Crippen molar-refractivity contribution in [3.8, 4) is 22.8 Å². The molecule has 13 nitrogen and oxygen atoms in total. The number of benzene rings is 4. The van der Waals surface area contributed by atoms with Crippen LogP contribution >= 0.6 is 0 Å². The summed E-state index contributed by atoms with van der Waals surface area (Å²) in [5, 5.41) is 37.1. The fraction of sp³-hybridized carbons (Fsp3) is 0.493. The first-order chi connectivity index (χ1) is 37.3. The summed E-state index contributed by atoms with van der Waals surface area (Å²) in [6.45, 7) is 32.3. The van der Waals surface area contributed by atoms with E-state index in [1.165, 1.54) is 51.6 Å². The minimum absolute atomic E-state index is 0. The van der Waals surface area contributed by atoms with Crippen molar-refractivity contribution < 1.29 is 74.8 Å². The number of aliphatic carboxylic acids is 1. The number of nitrogens with zero attached hydrogens (tertiary/aromatic N) is 4. The van der Waals surface area contributed by atoms with Crippen molar-refractivity contribution in [3.63, 3.8) is 0 Å². The number of rotatable bonds is 21. The van der Waals surface area contributed by atoms with Crippen molar-refractivity contribution in [2.24, 2.45) is 10.8 Å². The molecule has 2 heterocycles. The van der Waals surface area contributed by atoms with E-state index in [0.29, 0.717) is 23.8 Å². The third kappa shape index (κ3) is 19.2. The van der Waals surface area contributed by atoms with Crippen LogP contribution in [0.2, 0.25) is 0 Å². The van der Waals surface area contributed by atoms with Gasteiger partial charge in [0.15, 0.2) is 11.6 Å². The van der Waals surface area contributed by atoms with Crippen LogP contribution in [0.4, 0.5) is 0 Å². The van der Waals surface area contributed by atoms with Gasteiger partial charge < -0.3 is 25.5 Å². The second-order valence-corrected chi connectivity index (χ2v) is 23.3. The number of aromatic nitrogens is 4. The molecule has 2 unspecified atom stereocenters. The van der Waals surface area contributed by atoms with E-state index in [1.807, 2.05) is 0 Å². The van der Waals surface area contributed by atoms with E-state index in [4.69, 9.17) is 15.1 Å². The Hall–Kier alpha value is -5.22. The Balaban J connectivity index is 0.000000516. The third-order valence-corrected chi connectivity index (χ3v) is 16.0. The van der Waals surface area contributed by atoms with Gasteiger partial charge in [0.1, 0.15) is 0 Å². The van der Waals surface area contributed by atoms with Crippen LogP contribution in [0.25, 0.3) is 22.8 Å². The Kier molecular flexibility index (Phi) is 28.9. The van der Waals surface area contributed by atoms with Gasteiger partial charge in [0.25, 0.3) is 0 Å². The number of carbonyl (C=O) groups is 2. The maximum absolute atomic E-state index is 11.8. The Labute approximate surface area is 506 Å². The van der Waals surface area contributed by atoms with Crippen LogP contribution in [0.3, 0.4) is 0 Å². The molecule has 0 bridgehead atoms. The number of aliphatic hydroxyl groups is 2. The number of hydrogen-bond acceptors (Lipinski definition) is 12. The number of aliphatic hydroxyl groups excluding tert-OH is 2. The molecule has 0 saturated carbocycles. The second-order valence-electron chi connectivity index (χ2n) is 23.3. The predicted molar refractivity (Wildman–Crippen MR) is 320 cm³/mol. The van der Waals surface area contributed by atoms with Gasteiger partial charge in [0.2, 0.25) is 0 Å². The second kappa shape index (κ2) is 32.6. The van der Waals surface area contributed by atoms with E-state index < -0.39 is 5.97 Å². The quantitative estimate of drug-likeness (QED) is 0.0229. The van der Waals surface area contributed by atoms with Gasteiger partial charge in [-0.3, -0.25) is 14.8 Å². The zero-order chi connectivity index (χ0) is 58.9. The third-order valence-electron chi connectivity index (χ3n) is 16.0. The molecule has 0 amide bonds. The number of esters is 1. The van der Waals surface area contributed by atoms with Gasteiger partial charge >= 0.3 is 41.5 Å². The summed E-state index contributed by atoms with van der Waals surface area (Å²) in [4.78, 5) is 43.9. The first kappa shape index (κ1) is 71.9. The minimum Gasteiger partial charge on any atom is -0.870 e. The maximum atomic E-state index is 11.8. The molecule has 0 aliphatic carbocycles. The summed E-state index contributed by atoms with van der Waals surface area (Å²) >= 11 is 0. The fourth-order valence-corrected chi connectivity index (χ4v) is 10.6. The molecule has 14 heteroatoms. The molecule has 2 aromatic heterocycles. The Morgan fingerprint density at radius 2 is 0.840 bits per heavy atom. The Morgan fingerprint density at radius 3 is 1.11 bits per heavy atom. The van der Waals surface area contributed by atoms with E-state index in [2.05, 4.69) is 195 Å². The predicted octanol–water partition coefficient (Wildman–Crippen LogP) is 11.1. The molecule has 6 aromatic rings. The summed E-state index contributed by atoms with van der Waals surface area (Å²) in [7, 11) is 1.18. The molecular weight excluding hydrogens is 1030 g/mol. The van der Waals surface area contributed by atoms with E-state index in [0.717, 1.165) is 79.2 Å². The molecular formula is C67H93N4NaO9. The molecule has 6 rings (SSSR count). The van der Waals surface area contributed by atoms with Crippen molar-refractivity contribution in [3.05, 3.63) is 164 Å². The number of aryl methyl sites for hydroxylation is 6. The van der Waals surface area contributed by atoms with Crippen LogP contribution in [-0.4, -0.2) is 83.9 Å². The summed E-state index contributed by atoms with van der Waals surface area (Å²) in [6, 6.07) is 26.9. The van der Waals surface area contributed by atoms with E-state index in [9.17, 15) is 19.8 Å². The summed E-state index contributed by atoms with van der Waals surface area (Å²) in [6.07, 6.45) is 13.3. The summed E-state index contributed by atoms with van der Waals surface area (Å²) in [5.41, 5.74) is 15.5. The summed E-state index contributed by atoms with van der Waals surface area (Å²) < 4.78 is 5.03. The molecule has 5 N–H and O–H groups in total. The normalized spacial score (nSPS) is 12.3. The summed E-state index contributed by atoms with van der Waals surface area (Å²) in [5.74, 6) is 0.103. The van der Waals surface area contributed by atoms with Gasteiger partial charge in [-0.15, -0.1) is 0 Å². The zero-order valence-electron chi connectivity index (χ0n) is 51.8. The van der Waals surface area contributed by atoms with Crippen LogP contribution in [0.5, 0.6) is 0 Å². The SMILES string of the molecule is CCC(CC)(c1ccc(CCC(O)C(C)(C)C)c(C)c1)c1ccc(-c2ncc(CC(=O)O)cn2)c(C)c1.CCOC(=O)Cc1cnc(-c2ccc(C(CC)(CC)c3ccc(CCC(O)C(C)(C)C)c(C)c3)cc2C)nc1.COO.[Na+].[OH-]. The van der Waals surface area contributed by atoms with Crippen LogP contribution in [0.15, 0.2) is 97.6 Å². The average molecular weight is 1120 g/mol. The molecule has 2 atom stereocenters. The molecule has 0 aliphatic heterocycles. The zero-order valence-corrected chi connectivity index (χ0v) is 53.8. The van der Waals surface area contributed by atoms with E-state index in [-0.39, 0.29) is 87.7 Å². The monoisotopic (exact) mass is 1120 g/mol. The molecule has 0 spiro atoms. The van der Waals surface area contributed by atoms with E-state index in [1.54, 1.807) is 31.7 Å². The first-order valence-electron chi connectivity index (χ1n) is 28.2. The number of carbonyl (C=O) groups excluding carboxylic acids is 1. The fourth-order valence-electron chi connectivity index (χ4n) is 10.6. The van der Waals surface area contributed by atoms with Gasteiger partial charge in [-0.05, 0) is 164 Å². The number of carboxylic acid groups (broad SMARTS) is 1. The van der Waals surface area contributed by atoms with Gasteiger partial charge in [-0.2, -0.15) is 0 Å². The standard InChI is InChI=1S/C34H46N2O3.C32H42N2O3.CH4O2.Na.H2O/c1-9-34(10-2,27-14-12-26(23(4)18-27)13-17-30(37)33(6,7)8)28-15-16-29(24(5)19-28)32-35-21-25(22-36-32)20-31(38)39-11-3;1-8-32(9-2,25-12-10-24(21(3)16-25)11-15-28(35)31(5,6)7)26-13-14-27(22(4)17-26)30-33-19-23(20-34-30)18-29(36)37;1-3-2;;/h12,14-16,18-19,21-22,30,37H,9-11,13,17,20H2,1-8H3;10,12-14,16-17,19-20,28,35H,8-9,11,15,18H2,1-7H3,(H,36,37);2H,1H3;;1H2/q;;;+1;/p-1. The Morgan fingerprint density at radius 1 is 0.531 bits per heavy atom. The minimum atomic E-state index is -0.891. The molecule has 0 fully saturated rings. The van der Waals surface area contributed by atoms with Crippen molar-refractivity contribution in [1.29, 1.82) is 0 Å². The topological polar surface area (TPSA) is 215 Å². The number of hydrogen-bond donors (Lipinski definition) is 4. The van der Waals surface area contributed by atoms with Crippen LogP contribution < -0.4 is 29.6 Å². The van der Waals surface area contributed by atoms with Crippen LogP contribution in [0.1, 0.15) is 181 Å². The van der Waals surface area contributed by atoms with Gasteiger partial charge in [-0.1, -0.05) is 142 Å². The molecule has 81 heavy (non-hydrogen) atoms. The van der Waals surface area contributed by atoms with E-state index >= 15 is 0 Å². The molecule has 0 radical (unpaired) electrons. The Bertz CT molecular complexity index is 2910. The average Bonchev–Trinajstić information content (AvgIpc) is 3.44. The first-order valence-corrected chi connectivity index (χ1v) is 28.2. The largest absolute Gasteiger partial charge is 1.00 e.